The highest BCUT2D eigenvalue weighted by Crippen LogP contribution is 2.39. The zero-order valence-corrected chi connectivity index (χ0v) is 22.9. The number of aryl methyl sites for hydroxylation is 1. The van der Waals surface area contributed by atoms with Crippen LogP contribution in [0.2, 0.25) is 0 Å². The molecule has 0 spiro atoms. The van der Waals surface area contributed by atoms with Crippen LogP contribution in [-0.4, -0.2) is 51.8 Å². The van der Waals surface area contributed by atoms with Gasteiger partial charge in [-0.3, -0.25) is 9.69 Å². The van der Waals surface area contributed by atoms with Gasteiger partial charge in [-0.1, -0.05) is 24.3 Å². The molecule has 1 amide bonds. The topological polar surface area (TPSA) is 93.6 Å². The summed E-state index contributed by atoms with van der Waals surface area (Å²) in [6.45, 7) is 5.36. The Kier molecular flexibility index (Phi) is 7.00. The highest BCUT2D eigenvalue weighted by molar-refractivity contribution is 6.13. The van der Waals surface area contributed by atoms with E-state index in [1.54, 1.807) is 7.11 Å². The summed E-state index contributed by atoms with van der Waals surface area (Å²) >= 11 is 0. The second-order valence-electron chi connectivity index (χ2n) is 10.5. The number of ether oxygens (including phenoxy) is 1. The van der Waals surface area contributed by atoms with Crippen LogP contribution in [0.25, 0.3) is 44.3 Å². The van der Waals surface area contributed by atoms with Crippen molar-refractivity contribution in [1.29, 1.82) is 0 Å². The molecule has 0 saturated carbocycles. The number of hydrogen-bond acceptors (Lipinski definition) is 5. The fourth-order valence-electron chi connectivity index (χ4n) is 5.94. The number of para-hydroxylation sites is 1. The summed E-state index contributed by atoms with van der Waals surface area (Å²) in [7, 11) is 1.66. The molecular formula is C33H34N4O3. The van der Waals surface area contributed by atoms with Gasteiger partial charge >= 0.3 is 0 Å². The molecule has 5 aromatic rings. The number of piperidine rings is 1. The normalized spacial score (nSPS) is 14.7. The van der Waals surface area contributed by atoms with Crippen molar-refractivity contribution in [2.24, 2.45) is 5.73 Å². The third kappa shape index (κ3) is 4.72. The van der Waals surface area contributed by atoms with Gasteiger partial charge in [0.25, 0.3) is 0 Å². The molecular weight excluding hydrogens is 500 g/mol. The number of aliphatic hydroxyl groups is 1. The van der Waals surface area contributed by atoms with Crippen molar-refractivity contribution in [3.05, 3.63) is 83.9 Å². The zero-order valence-electron chi connectivity index (χ0n) is 22.9. The number of primary amides is 1. The van der Waals surface area contributed by atoms with Crippen molar-refractivity contribution in [3.63, 3.8) is 0 Å². The number of rotatable bonds is 7. The lowest BCUT2D eigenvalue weighted by molar-refractivity contribution is 0.0792. The molecule has 1 aliphatic rings. The second-order valence-corrected chi connectivity index (χ2v) is 10.5. The molecule has 0 aliphatic carbocycles. The fourth-order valence-corrected chi connectivity index (χ4v) is 5.94. The zero-order chi connectivity index (χ0) is 27.8. The number of pyridine rings is 1. The summed E-state index contributed by atoms with van der Waals surface area (Å²) in [5, 5.41) is 12.1. The minimum atomic E-state index is -0.480. The lowest BCUT2D eigenvalue weighted by Crippen LogP contribution is -2.35. The van der Waals surface area contributed by atoms with Crippen molar-refractivity contribution in [1.82, 2.24) is 14.5 Å². The maximum absolute atomic E-state index is 12.6. The van der Waals surface area contributed by atoms with E-state index in [1.807, 2.05) is 36.4 Å². The van der Waals surface area contributed by atoms with Crippen molar-refractivity contribution >= 4 is 27.7 Å². The average molecular weight is 535 g/mol. The number of amides is 1. The Labute approximate surface area is 233 Å². The Morgan fingerprint density at radius 2 is 1.77 bits per heavy atom. The molecule has 3 N–H and O–H groups in total. The van der Waals surface area contributed by atoms with Gasteiger partial charge in [0.2, 0.25) is 5.91 Å². The first-order chi connectivity index (χ1) is 19.5. The van der Waals surface area contributed by atoms with E-state index in [0.717, 1.165) is 89.0 Å². The van der Waals surface area contributed by atoms with Crippen LogP contribution in [0.4, 0.5) is 0 Å². The predicted molar refractivity (Wildman–Crippen MR) is 159 cm³/mol. The minimum Gasteiger partial charge on any atom is -0.497 e. The van der Waals surface area contributed by atoms with E-state index in [-0.39, 0.29) is 6.10 Å². The van der Waals surface area contributed by atoms with E-state index in [2.05, 4.69) is 52.8 Å². The minimum absolute atomic E-state index is 0.221. The van der Waals surface area contributed by atoms with E-state index >= 15 is 0 Å². The highest BCUT2D eigenvalue weighted by atomic mass is 16.5. The lowest BCUT2D eigenvalue weighted by Gasteiger charge is -2.29. The van der Waals surface area contributed by atoms with Crippen LogP contribution < -0.4 is 10.5 Å². The molecule has 0 unspecified atom stereocenters. The van der Waals surface area contributed by atoms with Gasteiger partial charge in [-0.2, -0.15) is 0 Å². The number of aliphatic hydroxyl groups excluding tert-OH is 1. The third-order valence-electron chi connectivity index (χ3n) is 8.02. The Morgan fingerprint density at radius 1 is 1.02 bits per heavy atom. The van der Waals surface area contributed by atoms with Crippen LogP contribution >= 0.6 is 0 Å². The summed E-state index contributed by atoms with van der Waals surface area (Å²) in [5.74, 6) is 0.299. The molecule has 40 heavy (non-hydrogen) atoms. The van der Waals surface area contributed by atoms with Crippen LogP contribution in [0.5, 0.6) is 5.75 Å². The maximum atomic E-state index is 12.6. The van der Waals surface area contributed by atoms with Gasteiger partial charge in [0.15, 0.2) is 0 Å². The Bertz CT molecular complexity index is 1700. The molecule has 204 valence electrons. The summed E-state index contributed by atoms with van der Waals surface area (Å²) < 4.78 is 7.71. The quantitative estimate of drug-likeness (QED) is 0.283. The highest BCUT2D eigenvalue weighted by Gasteiger charge is 2.22. The van der Waals surface area contributed by atoms with Crippen molar-refractivity contribution < 1.29 is 14.6 Å². The van der Waals surface area contributed by atoms with E-state index in [9.17, 15) is 9.90 Å². The largest absolute Gasteiger partial charge is 0.497 e. The van der Waals surface area contributed by atoms with E-state index in [0.29, 0.717) is 11.3 Å². The molecule has 1 fully saturated rings. The molecule has 3 aromatic carbocycles. The molecule has 1 saturated heterocycles. The van der Waals surface area contributed by atoms with Crippen LogP contribution in [0.15, 0.2) is 72.8 Å². The fraction of sp³-hybridized carbons (Fsp3) is 0.273. The monoisotopic (exact) mass is 534 g/mol. The number of fused-ring (bicyclic) bond motifs is 3. The van der Waals surface area contributed by atoms with Crippen molar-refractivity contribution in [3.8, 4) is 28.3 Å². The summed E-state index contributed by atoms with van der Waals surface area (Å²) in [5.41, 5.74) is 12.9. The number of likely N-dealkylation sites (tertiary alicyclic amines) is 1. The molecule has 0 bridgehead atoms. The molecule has 7 nitrogen and oxygen atoms in total. The van der Waals surface area contributed by atoms with Crippen LogP contribution in [0.3, 0.4) is 0 Å². The van der Waals surface area contributed by atoms with Gasteiger partial charge in [-0.05, 0) is 73.9 Å². The van der Waals surface area contributed by atoms with E-state index in [4.69, 9.17) is 15.5 Å². The first-order valence-electron chi connectivity index (χ1n) is 13.9. The second kappa shape index (κ2) is 10.8. The Balaban J connectivity index is 1.57. The number of aromatic nitrogens is 2. The number of nitrogens with zero attached hydrogens (tertiary/aromatic N) is 3. The van der Waals surface area contributed by atoms with E-state index < -0.39 is 5.91 Å². The van der Waals surface area contributed by atoms with Gasteiger partial charge in [0, 0.05) is 59.2 Å². The third-order valence-corrected chi connectivity index (χ3v) is 8.02. The first-order valence-corrected chi connectivity index (χ1v) is 13.9. The van der Waals surface area contributed by atoms with Crippen LogP contribution in [0, 0.1) is 0 Å². The van der Waals surface area contributed by atoms with Crippen molar-refractivity contribution in [2.75, 3.05) is 20.2 Å². The molecule has 0 radical (unpaired) electrons. The lowest BCUT2D eigenvalue weighted by atomic mass is 9.97. The van der Waals surface area contributed by atoms with Crippen molar-refractivity contribution in [2.45, 2.75) is 39.0 Å². The van der Waals surface area contributed by atoms with Gasteiger partial charge < -0.3 is 20.1 Å². The van der Waals surface area contributed by atoms with Gasteiger partial charge in [-0.15, -0.1) is 0 Å². The summed E-state index contributed by atoms with van der Waals surface area (Å²) in [6.07, 6.45) is 1.33. The van der Waals surface area contributed by atoms with Gasteiger partial charge in [0.05, 0.1) is 30.1 Å². The summed E-state index contributed by atoms with van der Waals surface area (Å²) in [6, 6.07) is 24.3. The average Bonchev–Trinajstić information content (AvgIpc) is 3.31. The summed E-state index contributed by atoms with van der Waals surface area (Å²) in [4.78, 5) is 20.2. The number of nitrogens with two attached hydrogens (primary N) is 1. The Hall–Kier alpha value is -4.20. The maximum Gasteiger partial charge on any atom is 0.249 e. The van der Waals surface area contributed by atoms with Gasteiger partial charge in [0.1, 0.15) is 5.75 Å². The molecule has 6 rings (SSSR count). The van der Waals surface area contributed by atoms with Crippen LogP contribution in [0.1, 0.15) is 35.7 Å². The molecule has 2 aromatic heterocycles. The standard InChI is InChI=1S/C33H34N4O3/c1-3-37-30-7-5-4-6-25(30)28-19-29(35-31(32(28)37)22-9-11-24(40-2)12-10-22)27-18-21(8-13-26(27)33(34)39)20-36-16-14-23(38)15-17-36/h4-13,18-19,23,38H,3,14-17,20H2,1-2H3,(H2,34,39). The molecule has 3 heterocycles. The van der Waals surface area contributed by atoms with E-state index in [1.165, 1.54) is 0 Å². The number of carbonyl (C=O) groups is 1. The molecule has 0 atom stereocenters. The van der Waals surface area contributed by atoms with Gasteiger partial charge in [-0.25, -0.2) is 4.98 Å². The molecule has 7 heteroatoms. The number of benzene rings is 3. The first kappa shape index (κ1) is 26.0. The number of methoxy groups -OCH3 is 1. The smallest absolute Gasteiger partial charge is 0.249 e. The van der Waals surface area contributed by atoms with Crippen LogP contribution in [-0.2, 0) is 13.1 Å². The molecule has 1 aliphatic heterocycles. The predicted octanol–water partition coefficient (Wildman–Crippen LogP) is 5.61. The number of hydrogen-bond donors (Lipinski definition) is 2. The number of carbonyl (C=O) groups excluding carboxylic acids is 1. The Morgan fingerprint density at radius 3 is 2.48 bits per heavy atom. The SMILES string of the molecule is CCn1c2ccccc2c2cc(-c3cc(CN4CCC(O)CC4)ccc3C(N)=O)nc(-c3ccc(OC)cc3)c21.